The third-order valence-electron chi connectivity index (χ3n) is 6.80. The summed E-state index contributed by atoms with van der Waals surface area (Å²) in [6.07, 6.45) is 2.68. The Morgan fingerprint density at radius 1 is 1.08 bits per heavy atom. The molecule has 2 amide bonds. The first kappa shape index (κ1) is 25.4. The van der Waals surface area contributed by atoms with E-state index in [0.29, 0.717) is 29.1 Å². The SMILES string of the molecule is CCN(CC)CCCNC(=O)c1c(C)[nH]c(/C=C2\C(=O)Nc3cccc(-c4ccc(F)cc4)c32)c1C. The standard InChI is InChI=1S/C29H33FN4O2/c1-5-34(6-2)16-8-15-31-29(36)26-18(3)25(32-19(26)4)17-23-27-22(20-11-13-21(30)14-12-20)9-7-10-24(27)33-28(23)35/h7,9-14,17,32H,5-6,8,15-16H2,1-4H3,(H,31,36)(H,33,35)/b23-17-. The summed E-state index contributed by atoms with van der Waals surface area (Å²) in [7, 11) is 0. The first-order valence-corrected chi connectivity index (χ1v) is 12.5. The number of amides is 2. The van der Waals surface area contributed by atoms with Crippen molar-refractivity contribution >= 4 is 29.2 Å². The maximum atomic E-state index is 13.5. The summed E-state index contributed by atoms with van der Waals surface area (Å²) < 4.78 is 13.5. The lowest BCUT2D eigenvalue weighted by Crippen LogP contribution is -2.30. The summed E-state index contributed by atoms with van der Waals surface area (Å²) in [5, 5.41) is 5.96. The van der Waals surface area contributed by atoms with E-state index in [1.807, 2.05) is 32.0 Å². The molecule has 0 aliphatic carbocycles. The zero-order valence-electron chi connectivity index (χ0n) is 21.3. The van der Waals surface area contributed by atoms with Gasteiger partial charge in [-0.1, -0.05) is 38.1 Å². The molecule has 1 aromatic heterocycles. The Kier molecular flexibility index (Phi) is 7.70. The third-order valence-corrected chi connectivity index (χ3v) is 6.80. The molecule has 0 saturated carbocycles. The Morgan fingerprint density at radius 3 is 2.50 bits per heavy atom. The summed E-state index contributed by atoms with van der Waals surface area (Å²) in [6.45, 7) is 11.6. The van der Waals surface area contributed by atoms with Crippen LogP contribution in [0.5, 0.6) is 0 Å². The van der Waals surface area contributed by atoms with Crippen LogP contribution >= 0.6 is 0 Å². The first-order chi connectivity index (χ1) is 17.3. The Bertz CT molecular complexity index is 1300. The number of anilines is 1. The minimum absolute atomic E-state index is 0.117. The van der Waals surface area contributed by atoms with Crippen LogP contribution < -0.4 is 10.6 Å². The Hall–Kier alpha value is -3.71. The molecule has 7 heteroatoms. The number of rotatable bonds is 9. The van der Waals surface area contributed by atoms with Crippen molar-refractivity contribution < 1.29 is 14.0 Å². The predicted octanol–water partition coefficient (Wildman–Crippen LogP) is 5.39. The number of aromatic amines is 1. The molecule has 4 rings (SSSR count). The van der Waals surface area contributed by atoms with E-state index in [1.54, 1.807) is 18.2 Å². The molecule has 0 unspecified atom stereocenters. The molecule has 36 heavy (non-hydrogen) atoms. The maximum absolute atomic E-state index is 13.5. The van der Waals surface area contributed by atoms with E-state index in [1.165, 1.54) is 12.1 Å². The minimum Gasteiger partial charge on any atom is -0.358 e. The second kappa shape index (κ2) is 10.9. The Balaban J connectivity index is 1.61. The number of H-pyrrole nitrogens is 1. The van der Waals surface area contributed by atoms with Crippen molar-refractivity contribution in [1.82, 2.24) is 15.2 Å². The third kappa shape index (κ3) is 5.11. The molecule has 6 nitrogen and oxygen atoms in total. The summed E-state index contributed by atoms with van der Waals surface area (Å²) in [5.74, 6) is -0.644. The Labute approximate surface area is 211 Å². The Morgan fingerprint density at radius 2 is 1.81 bits per heavy atom. The van der Waals surface area contributed by atoms with Gasteiger partial charge in [0.1, 0.15) is 5.82 Å². The van der Waals surface area contributed by atoms with Crippen LogP contribution in [0, 0.1) is 19.7 Å². The average molecular weight is 489 g/mol. The van der Waals surface area contributed by atoms with Crippen LogP contribution in [0.25, 0.3) is 22.8 Å². The van der Waals surface area contributed by atoms with Gasteiger partial charge in [-0.05, 0) is 80.9 Å². The van der Waals surface area contributed by atoms with Crippen LogP contribution in [-0.2, 0) is 4.79 Å². The van der Waals surface area contributed by atoms with Crippen LogP contribution in [0.15, 0.2) is 42.5 Å². The fraction of sp³-hybridized carbons (Fsp3) is 0.310. The number of fused-ring (bicyclic) bond motifs is 1. The van der Waals surface area contributed by atoms with E-state index in [0.717, 1.165) is 54.0 Å². The molecular weight excluding hydrogens is 455 g/mol. The fourth-order valence-electron chi connectivity index (χ4n) is 4.79. The van der Waals surface area contributed by atoms with E-state index in [4.69, 9.17) is 0 Å². The highest BCUT2D eigenvalue weighted by Gasteiger charge is 2.28. The summed E-state index contributed by atoms with van der Waals surface area (Å²) in [4.78, 5) is 31.5. The van der Waals surface area contributed by atoms with Crippen molar-refractivity contribution in [3.63, 3.8) is 0 Å². The predicted molar refractivity (Wildman–Crippen MR) is 143 cm³/mol. The van der Waals surface area contributed by atoms with Crippen molar-refractivity contribution in [2.75, 3.05) is 31.5 Å². The molecule has 1 aliphatic heterocycles. The van der Waals surface area contributed by atoms with Gasteiger partial charge in [-0.3, -0.25) is 9.59 Å². The van der Waals surface area contributed by atoms with Crippen LogP contribution in [0.1, 0.15) is 53.1 Å². The molecule has 0 fully saturated rings. The van der Waals surface area contributed by atoms with Crippen molar-refractivity contribution in [3.05, 3.63) is 76.4 Å². The molecule has 0 bridgehead atoms. The van der Waals surface area contributed by atoms with Crippen molar-refractivity contribution in [2.45, 2.75) is 34.1 Å². The van der Waals surface area contributed by atoms with E-state index >= 15 is 0 Å². The van der Waals surface area contributed by atoms with Gasteiger partial charge in [0, 0.05) is 29.2 Å². The second-order valence-electron chi connectivity index (χ2n) is 9.05. The van der Waals surface area contributed by atoms with Gasteiger partial charge in [0.05, 0.1) is 11.1 Å². The normalized spacial score (nSPS) is 13.8. The summed E-state index contributed by atoms with van der Waals surface area (Å²) in [6, 6.07) is 11.9. The minimum atomic E-state index is -0.312. The highest BCUT2D eigenvalue weighted by Crippen LogP contribution is 2.40. The van der Waals surface area contributed by atoms with Gasteiger partial charge in [-0.15, -0.1) is 0 Å². The number of benzene rings is 2. The highest BCUT2D eigenvalue weighted by molar-refractivity contribution is 6.36. The molecule has 188 valence electrons. The van der Waals surface area contributed by atoms with Gasteiger partial charge >= 0.3 is 0 Å². The number of nitrogens with zero attached hydrogens (tertiary/aromatic N) is 1. The van der Waals surface area contributed by atoms with Crippen LogP contribution in [-0.4, -0.2) is 47.9 Å². The number of aromatic nitrogens is 1. The van der Waals surface area contributed by atoms with Gasteiger partial charge in [-0.2, -0.15) is 0 Å². The summed E-state index contributed by atoms with van der Waals surface area (Å²) in [5.41, 5.74) is 6.50. The molecule has 1 aliphatic rings. The van der Waals surface area contributed by atoms with Crippen molar-refractivity contribution in [1.29, 1.82) is 0 Å². The number of nitrogens with one attached hydrogen (secondary N) is 3. The maximum Gasteiger partial charge on any atom is 0.256 e. The smallest absolute Gasteiger partial charge is 0.256 e. The lowest BCUT2D eigenvalue weighted by atomic mass is 9.94. The largest absolute Gasteiger partial charge is 0.358 e. The van der Waals surface area contributed by atoms with E-state index in [9.17, 15) is 14.0 Å². The van der Waals surface area contributed by atoms with E-state index < -0.39 is 0 Å². The molecular formula is C29H33FN4O2. The van der Waals surface area contributed by atoms with Gasteiger partial charge in [-0.25, -0.2) is 4.39 Å². The monoisotopic (exact) mass is 488 g/mol. The molecule has 3 N–H and O–H groups in total. The van der Waals surface area contributed by atoms with Crippen molar-refractivity contribution in [2.24, 2.45) is 0 Å². The molecule has 0 spiro atoms. The van der Waals surface area contributed by atoms with Gasteiger partial charge in [0.25, 0.3) is 11.8 Å². The van der Waals surface area contributed by atoms with Crippen LogP contribution in [0.4, 0.5) is 10.1 Å². The van der Waals surface area contributed by atoms with E-state index in [-0.39, 0.29) is 17.6 Å². The van der Waals surface area contributed by atoms with Gasteiger partial charge < -0.3 is 20.5 Å². The molecule has 2 aromatic carbocycles. The van der Waals surface area contributed by atoms with Gasteiger partial charge in [0.15, 0.2) is 0 Å². The zero-order chi connectivity index (χ0) is 25.8. The molecule has 0 saturated heterocycles. The molecule has 0 radical (unpaired) electrons. The molecule has 0 atom stereocenters. The number of carbonyl (C=O) groups excluding carboxylic acids is 2. The number of halogens is 1. The number of hydrogen-bond acceptors (Lipinski definition) is 3. The van der Waals surface area contributed by atoms with Gasteiger partial charge in [0.2, 0.25) is 0 Å². The zero-order valence-corrected chi connectivity index (χ0v) is 21.3. The molecule has 3 aromatic rings. The molecule has 2 heterocycles. The lowest BCUT2D eigenvalue weighted by Gasteiger charge is -2.17. The fourth-order valence-corrected chi connectivity index (χ4v) is 4.79. The topological polar surface area (TPSA) is 77.2 Å². The highest BCUT2D eigenvalue weighted by atomic mass is 19.1. The lowest BCUT2D eigenvalue weighted by molar-refractivity contribution is -0.110. The number of aryl methyl sites for hydroxylation is 1. The first-order valence-electron chi connectivity index (χ1n) is 12.5. The average Bonchev–Trinajstić information content (AvgIpc) is 3.34. The summed E-state index contributed by atoms with van der Waals surface area (Å²) >= 11 is 0. The number of hydrogen-bond donors (Lipinski definition) is 3. The number of carbonyl (C=O) groups is 2. The van der Waals surface area contributed by atoms with Crippen LogP contribution in [0.3, 0.4) is 0 Å². The quantitative estimate of drug-likeness (QED) is 0.279. The van der Waals surface area contributed by atoms with E-state index in [2.05, 4.69) is 34.4 Å². The second-order valence-corrected chi connectivity index (χ2v) is 9.05. The van der Waals surface area contributed by atoms with Crippen LogP contribution in [0.2, 0.25) is 0 Å². The van der Waals surface area contributed by atoms with Crippen molar-refractivity contribution in [3.8, 4) is 11.1 Å².